The molecule has 3 rings (SSSR count). The normalized spacial score (nSPS) is 22.8. The molecule has 0 unspecified atom stereocenters. The van der Waals surface area contributed by atoms with Crippen LogP contribution < -0.4 is 10.2 Å². The Morgan fingerprint density at radius 2 is 1.90 bits per heavy atom. The summed E-state index contributed by atoms with van der Waals surface area (Å²) in [6.07, 6.45) is 8.07. The van der Waals surface area contributed by atoms with Gasteiger partial charge in [0, 0.05) is 24.3 Å². The number of nitrogens with zero attached hydrogens (tertiary/aromatic N) is 2. The topological polar surface area (TPSA) is 28.2 Å². The molecule has 0 amide bonds. The van der Waals surface area contributed by atoms with Crippen molar-refractivity contribution in [2.24, 2.45) is 0 Å². The number of aromatic nitrogens is 1. The second kappa shape index (κ2) is 5.72. The van der Waals surface area contributed by atoms with Crippen molar-refractivity contribution in [1.82, 2.24) is 10.3 Å². The van der Waals surface area contributed by atoms with E-state index in [0.29, 0.717) is 5.54 Å². The van der Waals surface area contributed by atoms with Crippen molar-refractivity contribution in [3.63, 3.8) is 0 Å². The van der Waals surface area contributed by atoms with E-state index >= 15 is 0 Å². The summed E-state index contributed by atoms with van der Waals surface area (Å²) >= 11 is 0. The molecular formula is C17H27N3. The number of pyridine rings is 1. The van der Waals surface area contributed by atoms with Gasteiger partial charge in [0.1, 0.15) is 0 Å². The van der Waals surface area contributed by atoms with Crippen LogP contribution >= 0.6 is 0 Å². The number of anilines is 1. The molecule has 2 fully saturated rings. The lowest BCUT2D eigenvalue weighted by molar-refractivity contribution is 0.246. The van der Waals surface area contributed by atoms with Gasteiger partial charge in [-0.2, -0.15) is 0 Å². The van der Waals surface area contributed by atoms with Gasteiger partial charge in [0.05, 0.1) is 11.4 Å². The van der Waals surface area contributed by atoms with Crippen molar-refractivity contribution in [2.75, 3.05) is 24.5 Å². The third kappa shape index (κ3) is 2.83. The predicted octanol–water partition coefficient (Wildman–Crippen LogP) is 3.20. The van der Waals surface area contributed by atoms with Crippen LogP contribution in [-0.4, -0.2) is 30.2 Å². The largest absolute Gasteiger partial charge is 0.368 e. The molecule has 0 aromatic carbocycles. The summed E-state index contributed by atoms with van der Waals surface area (Å²) in [6, 6.07) is 4.41. The Kier molecular flexibility index (Phi) is 3.97. The van der Waals surface area contributed by atoms with Crippen molar-refractivity contribution < 1.29 is 0 Å². The lowest BCUT2D eigenvalue weighted by atomic mass is 9.81. The van der Waals surface area contributed by atoms with Crippen LogP contribution in [0, 0.1) is 13.8 Å². The smallest absolute Gasteiger partial charge is 0.0608 e. The highest BCUT2D eigenvalue weighted by atomic mass is 15.2. The Morgan fingerprint density at radius 1 is 1.10 bits per heavy atom. The molecule has 0 atom stereocenters. The van der Waals surface area contributed by atoms with Crippen molar-refractivity contribution >= 4 is 5.69 Å². The Balaban J connectivity index is 1.84. The fourth-order valence-corrected chi connectivity index (χ4v) is 3.91. The molecule has 0 radical (unpaired) electrons. The maximum absolute atomic E-state index is 4.65. The lowest BCUT2D eigenvalue weighted by Crippen LogP contribution is -2.52. The Labute approximate surface area is 122 Å². The molecule has 110 valence electrons. The summed E-state index contributed by atoms with van der Waals surface area (Å²) in [7, 11) is 0. The van der Waals surface area contributed by atoms with Crippen LogP contribution in [0.1, 0.15) is 49.9 Å². The minimum Gasteiger partial charge on any atom is -0.368 e. The molecule has 2 aliphatic rings. The van der Waals surface area contributed by atoms with Gasteiger partial charge in [-0.25, -0.2) is 0 Å². The highest BCUT2D eigenvalue weighted by Crippen LogP contribution is 2.32. The molecule has 2 heterocycles. The molecule has 1 aliphatic heterocycles. The van der Waals surface area contributed by atoms with Gasteiger partial charge in [0.15, 0.2) is 0 Å². The van der Waals surface area contributed by atoms with Gasteiger partial charge in [0.2, 0.25) is 0 Å². The lowest BCUT2D eigenvalue weighted by Gasteiger charge is -2.40. The number of nitrogens with one attached hydrogen (secondary N) is 1. The van der Waals surface area contributed by atoms with Crippen LogP contribution in [0.5, 0.6) is 0 Å². The molecule has 1 saturated heterocycles. The van der Waals surface area contributed by atoms with E-state index in [-0.39, 0.29) is 0 Å². The summed E-state index contributed by atoms with van der Waals surface area (Å²) in [4.78, 5) is 7.23. The van der Waals surface area contributed by atoms with Crippen LogP contribution in [0.2, 0.25) is 0 Å². The van der Waals surface area contributed by atoms with Gasteiger partial charge in [-0.3, -0.25) is 4.98 Å². The van der Waals surface area contributed by atoms with Gasteiger partial charge >= 0.3 is 0 Å². The minimum atomic E-state index is 0.353. The fourth-order valence-electron chi connectivity index (χ4n) is 3.91. The van der Waals surface area contributed by atoms with E-state index < -0.39 is 0 Å². The summed E-state index contributed by atoms with van der Waals surface area (Å²) in [5.41, 5.74) is 3.99. The second-order valence-corrected chi connectivity index (χ2v) is 6.60. The summed E-state index contributed by atoms with van der Waals surface area (Å²) in [5.74, 6) is 0. The highest BCUT2D eigenvalue weighted by Gasteiger charge is 2.35. The van der Waals surface area contributed by atoms with Crippen LogP contribution in [0.3, 0.4) is 0 Å². The zero-order valence-corrected chi connectivity index (χ0v) is 12.9. The number of rotatable bonds is 1. The zero-order valence-electron chi connectivity index (χ0n) is 12.9. The molecule has 3 heteroatoms. The molecule has 1 aromatic rings. The Hall–Kier alpha value is -1.09. The average molecular weight is 273 g/mol. The molecule has 1 N–H and O–H groups in total. The molecular weight excluding hydrogens is 246 g/mol. The van der Waals surface area contributed by atoms with Crippen molar-refractivity contribution in [3.05, 3.63) is 23.5 Å². The van der Waals surface area contributed by atoms with E-state index in [1.165, 1.54) is 49.9 Å². The fraction of sp³-hybridized carbons (Fsp3) is 0.706. The minimum absolute atomic E-state index is 0.353. The van der Waals surface area contributed by atoms with Gasteiger partial charge in [-0.05, 0) is 51.8 Å². The monoisotopic (exact) mass is 273 g/mol. The first kappa shape index (κ1) is 13.9. The van der Waals surface area contributed by atoms with E-state index in [9.17, 15) is 0 Å². The summed E-state index contributed by atoms with van der Waals surface area (Å²) in [6.45, 7) is 7.69. The van der Waals surface area contributed by atoms with E-state index in [2.05, 4.69) is 41.2 Å². The first-order chi connectivity index (χ1) is 9.69. The zero-order chi connectivity index (χ0) is 14.0. The predicted molar refractivity (Wildman–Crippen MR) is 84.4 cm³/mol. The third-order valence-corrected chi connectivity index (χ3v) is 4.95. The summed E-state index contributed by atoms with van der Waals surface area (Å²) < 4.78 is 0. The molecule has 1 aliphatic carbocycles. The van der Waals surface area contributed by atoms with E-state index in [1.54, 1.807) is 0 Å². The summed E-state index contributed by atoms with van der Waals surface area (Å²) in [5, 5.41) is 3.87. The van der Waals surface area contributed by atoms with Crippen LogP contribution in [-0.2, 0) is 0 Å². The van der Waals surface area contributed by atoms with Crippen molar-refractivity contribution in [2.45, 2.75) is 57.9 Å². The van der Waals surface area contributed by atoms with Crippen molar-refractivity contribution in [1.29, 1.82) is 0 Å². The molecule has 20 heavy (non-hydrogen) atoms. The standard InChI is InChI=1S/C17H27N3/c1-14-7-8-16(15(2)19-14)20-12-6-11-18-17(13-20)9-4-3-5-10-17/h7-8,18H,3-6,9-13H2,1-2H3. The quantitative estimate of drug-likeness (QED) is 0.851. The number of aryl methyl sites for hydroxylation is 2. The van der Waals surface area contributed by atoms with Gasteiger partial charge in [0.25, 0.3) is 0 Å². The number of hydrogen-bond donors (Lipinski definition) is 1. The Bertz CT molecular complexity index is 463. The molecule has 1 saturated carbocycles. The maximum Gasteiger partial charge on any atom is 0.0608 e. The SMILES string of the molecule is Cc1ccc(N2CCCNC3(CCCCC3)C2)c(C)n1. The van der Waals surface area contributed by atoms with E-state index in [0.717, 1.165) is 25.3 Å². The Morgan fingerprint density at radius 3 is 2.65 bits per heavy atom. The molecule has 0 bridgehead atoms. The molecule has 3 nitrogen and oxygen atoms in total. The van der Waals surface area contributed by atoms with Gasteiger partial charge in [-0.1, -0.05) is 19.3 Å². The van der Waals surface area contributed by atoms with E-state index in [1.807, 2.05) is 0 Å². The first-order valence-electron chi connectivity index (χ1n) is 8.13. The van der Waals surface area contributed by atoms with Crippen LogP contribution in [0.4, 0.5) is 5.69 Å². The average Bonchev–Trinajstić information content (AvgIpc) is 2.63. The van der Waals surface area contributed by atoms with E-state index in [4.69, 9.17) is 0 Å². The van der Waals surface area contributed by atoms with Crippen molar-refractivity contribution in [3.8, 4) is 0 Å². The highest BCUT2D eigenvalue weighted by molar-refractivity contribution is 5.51. The third-order valence-electron chi connectivity index (χ3n) is 4.95. The maximum atomic E-state index is 4.65. The number of hydrogen-bond acceptors (Lipinski definition) is 3. The van der Waals surface area contributed by atoms with Gasteiger partial charge < -0.3 is 10.2 Å². The van der Waals surface area contributed by atoms with Crippen LogP contribution in [0.25, 0.3) is 0 Å². The molecule has 1 spiro atoms. The molecule has 1 aromatic heterocycles. The second-order valence-electron chi connectivity index (χ2n) is 6.60. The van der Waals surface area contributed by atoms with Crippen LogP contribution in [0.15, 0.2) is 12.1 Å². The van der Waals surface area contributed by atoms with Gasteiger partial charge in [-0.15, -0.1) is 0 Å². The first-order valence-corrected chi connectivity index (χ1v) is 8.13.